The Morgan fingerprint density at radius 1 is 1.17 bits per heavy atom. The maximum atomic E-state index is 15.6. The maximum Gasteiger partial charge on any atom is 0.309 e. The van der Waals surface area contributed by atoms with Crippen molar-refractivity contribution in [2.45, 2.75) is 45.1 Å². The number of benzene rings is 2. The third-order valence-electron chi connectivity index (χ3n) is 7.26. The van der Waals surface area contributed by atoms with Gasteiger partial charge in [0.05, 0.1) is 25.1 Å². The molecule has 5 rings (SSSR count). The van der Waals surface area contributed by atoms with Crippen LogP contribution in [0.25, 0.3) is 16.5 Å². The topological polar surface area (TPSA) is 45.3 Å². The van der Waals surface area contributed by atoms with Crippen molar-refractivity contribution in [1.82, 2.24) is 9.88 Å². The van der Waals surface area contributed by atoms with Crippen LogP contribution in [-0.2, 0) is 16.0 Å². The van der Waals surface area contributed by atoms with Crippen molar-refractivity contribution < 1.29 is 27.1 Å². The number of nitrogens with one attached hydrogen (secondary N) is 1. The molecule has 3 aromatic rings. The summed E-state index contributed by atoms with van der Waals surface area (Å²) in [6, 6.07) is 9.13. The Bertz CT molecular complexity index is 1290. The molecule has 1 N–H and O–H groups in total. The van der Waals surface area contributed by atoms with E-state index in [1.54, 1.807) is 6.92 Å². The number of H-pyrrole nitrogens is 1. The van der Waals surface area contributed by atoms with Gasteiger partial charge in [0.2, 0.25) is 0 Å². The molecule has 0 spiro atoms. The van der Waals surface area contributed by atoms with E-state index in [9.17, 15) is 13.6 Å². The average Bonchev–Trinajstić information content (AvgIpc) is 3.23. The molecule has 0 saturated heterocycles. The number of esters is 1. The first kappa shape index (κ1) is 24.6. The van der Waals surface area contributed by atoms with E-state index in [-0.39, 0.29) is 24.0 Å². The Morgan fingerprint density at radius 3 is 2.58 bits per heavy atom. The van der Waals surface area contributed by atoms with Crippen LogP contribution in [0.1, 0.15) is 54.6 Å². The Morgan fingerprint density at radius 2 is 1.92 bits per heavy atom. The minimum absolute atomic E-state index is 0.229. The molecule has 2 unspecified atom stereocenters. The minimum atomic E-state index is -2.64. The van der Waals surface area contributed by atoms with E-state index in [1.165, 1.54) is 17.0 Å². The number of alkyl halides is 2. The van der Waals surface area contributed by atoms with Crippen molar-refractivity contribution in [2.24, 2.45) is 5.92 Å². The summed E-state index contributed by atoms with van der Waals surface area (Å²) < 4.78 is 63.3. The third-order valence-corrected chi connectivity index (χ3v) is 7.26. The van der Waals surface area contributed by atoms with Crippen LogP contribution in [0.5, 0.6) is 0 Å². The second kappa shape index (κ2) is 10.1. The lowest BCUT2D eigenvalue weighted by molar-refractivity contribution is -0.148. The number of hydrogen-bond donors (Lipinski definition) is 1. The standard InChI is InChI=1S/C28H28F4N2O2/c1-2-36-28(35)17-9-7-16(8-10-17)18-13-21(29)25(22(30)14-18)27-26-20(11-12-34(27)15-24(31)32)19-5-3-4-6-23(19)33-26/h3-7,13-14,17,24,27,33H,2,8-12,15H2,1H3. The molecule has 36 heavy (non-hydrogen) atoms. The molecule has 1 aliphatic carbocycles. The van der Waals surface area contributed by atoms with Crippen LogP contribution in [0.2, 0.25) is 0 Å². The summed E-state index contributed by atoms with van der Waals surface area (Å²) >= 11 is 0. The number of para-hydroxylation sites is 1. The minimum Gasteiger partial charge on any atom is -0.466 e. The van der Waals surface area contributed by atoms with Crippen molar-refractivity contribution >= 4 is 22.4 Å². The number of aromatic amines is 1. The van der Waals surface area contributed by atoms with Crippen LogP contribution in [0.3, 0.4) is 0 Å². The fourth-order valence-corrected chi connectivity index (χ4v) is 5.59. The maximum absolute atomic E-state index is 15.6. The van der Waals surface area contributed by atoms with E-state index < -0.39 is 30.6 Å². The molecular weight excluding hydrogens is 472 g/mol. The number of fused-ring (bicyclic) bond motifs is 3. The largest absolute Gasteiger partial charge is 0.466 e. The molecule has 8 heteroatoms. The van der Waals surface area contributed by atoms with Gasteiger partial charge in [0.25, 0.3) is 6.43 Å². The smallest absolute Gasteiger partial charge is 0.309 e. The van der Waals surface area contributed by atoms with Gasteiger partial charge in [0.1, 0.15) is 11.6 Å². The van der Waals surface area contributed by atoms with Gasteiger partial charge in [0, 0.05) is 28.7 Å². The second-order valence-corrected chi connectivity index (χ2v) is 9.41. The number of allylic oxidation sites excluding steroid dienone is 2. The SMILES string of the molecule is CCOC(=O)C1CC=C(c2cc(F)c(C3c4[nH]c5ccccc5c4CCN3CC(F)F)c(F)c2)CC1. The Kier molecular flexibility index (Phi) is 6.88. The molecule has 4 nitrogen and oxygen atoms in total. The Labute approximate surface area is 206 Å². The molecule has 0 fully saturated rings. The lowest BCUT2D eigenvalue weighted by Crippen LogP contribution is -2.40. The predicted molar refractivity (Wildman–Crippen MR) is 130 cm³/mol. The van der Waals surface area contributed by atoms with Gasteiger partial charge < -0.3 is 9.72 Å². The van der Waals surface area contributed by atoms with E-state index in [0.29, 0.717) is 43.5 Å². The number of ether oxygens (including phenoxy) is 1. The zero-order valence-corrected chi connectivity index (χ0v) is 20.0. The number of rotatable bonds is 6. The number of aromatic nitrogens is 1. The molecule has 1 aromatic heterocycles. The van der Waals surface area contributed by atoms with Gasteiger partial charge in [-0.25, -0.2) is 17.6 Å². The molecule has 0 amide bonds. The van der Waals surface area contributed by atoms with E-state index in [4.69, 9.17) is 4.74 Å². The summed E-state index contributed by atoms with van der Waals surface area (Å²) in [5.41, 5.74) is 3.22. The molecule has 0 bridgehead atoms. The van der Waals surface area contributed by atoms with E-state index in [0.717, 1.165) is 22.0 Å². The molecule has 190 valence electrons. The van der Waals surface area contributed by atoms with Gasteiger partial charge in [-0.3, -0.25) is 9.69 Å². The van der Waals surface area contributed by atoms with Crippen molar-refractivity contribution in [1.29, 1.82) is 0 Å². The van der Waals surface area contributed by atoms with Gasteiger partial charge in [-0.2, -0.15) is 0 Å². The van der Waals surface area contributed by atoms with Crippen molar-refractivity contribution in [3.8, 4) is 0 Å². The molecule has 0 radical (unpaired) electrons. The summed E-state index contributed by atoms with van der Waals surface area (Å²) in [5, 5.41) is 0.940. The molecule has 2 heterocycles. The van der Waals surface area contributed by atoms with Gasteiger partial charge in [0.15, 0.2) is 0 Å². The van der Waals surface area contributed by atoms with Crippen LogP contribution >= 0.6 is 0 Å². The summed E-state index contributed by atoms with van der Waals surface area (Å²) in [7, 11) is 0. The molecule has 2 aromatic carbocycles. The molecule has 2 atom stereocenters. The molecular formula is C28H28F4N2O2. The number of carbonyl (C=O) groups is 1. The molecule has 1 aliphatic heterocycles. The first-order valence-electron chi connectivity index (χ1n) is 12.3. The second-order valence-electron chi connectivity index (χ2n) is 9.41. The highest BCUT2D eigenvalue weighted by atomic mass is 19.3. The lowest BCUT2D eigenvalue weighted by Gasteiger charge is -2.36. The quantitative estimate of drug-likeness (QED) is 0.315. The van der Waals surface area contributed by atoms with Crippen LogP contribution in [0, 0.1) is 17.6 Å². The van der Waals surface area contributed by atoms with Crippen LogP contribution in [0.4, 0.5) is 17.6 Å². The average molecular weight is 501 g/mol. The lowest BCUT2D eigenvalue weighted by atomic mass is 9.85. The van der Waals surface area contributed by atoms with Crippen LogP contribution in [0.15, 0.2) is 42.5 Å². The van der Waals surface area contributed by atoms with Crippen molar-refractivity contribution in [3.05, 3.63) is 76.5 Å². The first-order chi connectivity index (χ1) is 17.4. The van der Waals surface area contributed by atoms with Crippen LogP contribution < -0.4 is 0 Å². The highest BCUT2D eigenvalue weighted by Crippen LogP contribution is 2.41. The summed E-state index contributed by atoms with van der Waals surface area (Å²) in [5.74, 6) is -2.05. The highest BCUT2D eigenvalue weighted by Gasteiger charge is 2.36. The van der Waals surface area contributed by atoms with Crippen molar-refractivity contribution in [3.63, 3.8) is 0 Å². The highest BCUT2D eigenvalue weighted by molar-refractivity contribution is 5.85. The fraction of sp³-hybridized carbons (Fsp3) is 0.393. The number of carbonyl (C=O) groups excluding carboxylic acids is 1. The van der Waals surface area contributed by atoms with Gasteiger partial charge in [-0.1, -0.05) is 24.3 Å². The first-order valence-corrected chi connectivity index (χ1v) is 12.3. The zero-order chi connectivity index (χ0) is 25.4. The number of hydrogen-bond acceptors (Lipinski definition) is 3. The summed E-state index contributed by atoms with van der Waals surface area (Å²) in [4.78, 5) is 16.7. The normalized spacial score (nSPS) is 20.4. The monoisotopic (exact) mass is 500 g/mol. The van der Waals surface area contributed by atoms with E-state index in [1.807, 2.05) is 30.3 Å². The number of nitrogens with zero attached hydrogens (tertiary/aromatic N) is 1. The van der Waals surface area contributed by atoms with E-state index >= 15 is 8.78 Å². The van der Waals surface area contributed by atoms with E-state index in [2.05, 4.69) is 4.98 Å². The zero-order valence-electron chi connectivity index (χ0n) is 20.0. The summed E-state index contributed by atoms with van der Waals surface area (Å²) in [6.07, 6.45) is 1.19. The molecule has 2 aliphatic rings. The van der Waals surface area contributed by atoms with Crippen LogP contribution in [-0.4, -0.2) is 42.0 Å². The van der Waals surface area contributed by atoms with Gasteiger partial charge in [-0.05, 0) is 67.5 Å². The summed E-state index contributed by atoms with van der Waals surface area (Å²) in [6.45, 7) is 1.75. The molecule has 0 saturated carbocycles. The Balaban J connectivity index is 1.52. The number of halogens is 4. The van der Waals surface area contributed by atoms with Gasteiger partial charge >= 0.3 is 5.97 Å². The Hall–Kier alpha value is -3.13. The van der Waals surface area contributed by atoms with Gasteiger partial charge in [-0.15, -0.1) is 0 Å². The third kappa shape index (κ3) is 4.54. The van der Waals surface area contributed by atoms with Crippen molar-refractivity contribution in [2.75, 3.05) is 19.7 Å². The predicted octanol–water partition coefficient (Wildman–Crippen LogP) is 6.41. The fourth-order valence-electron chi connectivity index (χ4n) is 5.59.